The van der Waals surface area contributed by atoms with Crippen LogP contribution in [0.4, 0.5) is 9.18 Å². The van der Waals surface area contributed by atoms with Crippen LogP contribution in [0.3, 0.4) is 0 Å². The Hall–Kier alpha value is -3.15. The molecule has 0 bridgehead atoms. The second-order valence-electron chi connectivity index (χ2n) is 9.26. The van der Waals surface area contributed by atoms with Crippen LogP contribution in [0.15, 0.2) is 23.2 Å². The molecule has 1 saturated heterocycles. The third-order valence-electron chi connectivity index (χ3n) is 5.75. The zero-order chi connectivity index (χ0) is 23.5. The molecule has 1 aromatic rings. The maximum atomic E-state index is 14.3. The molecule has 172 valence electrons. The molecular weight excluding hydrogens is 413 g/mol. The number of nitriles is 1. The van der Waals surface area contributed by atoms with Crippen LogP contribution in [-0.2, 0) is 15.1 Å². The summed E-state index contributed by atoms with van der Waals surface area (Å²) in [5, 5.41) is 14.7. The normalized spacial score (nSPS) is 21.9. The highest BCUT2D eigenvalue weighted by Crippen LogP contribution is 2.36. The number of likely N-dealkylation sites (tertiary alicyclic amines) is 1. The average molecular weight is 444 g/mol. The Bertz CT molecular complexity index is 957. The SMILES string of the molecule is CCC1(c2ccc(C#N)c(F)c2)CC(=O)NC(N2CCC(NC(=O)OC(C)(C)C)CC2)=N1. The minimum absolute atomic E-state index is 0.0236. The number of carbonyl (C=O) groups excluding carboxylic acids is 2. The van der Waals surface area contributed by atoms with Crippen molar-refractivity contribution in [3.8, 4) is 6.07 Å². The van der Waals surface area contributed by atoms with Gasteiger partial charge in [-0.3, -0.25) is 10.1 Å². The molecule has 0 aromatic heterocycles. The topological polar surface area (TPSA) is 107 Å². The summed E-state index contributed by atoms with van der Waals surface area (Å²) in [6, 6.07) is 6.20. The number of rotatable bonds is 3. The highest BCUT2D eigenvalue weighted by Gasteiger charge is 2.39. The van der Waals surface area contributed by atoms with E-state index in [1.54, 1.807) is 6.07 Å². The lowest BCUT2D eigenvalue weighted by atomic mass is 9.83. The number of ether oxygens (including phenoxy) is 1. The first-order chi connectivity index (χ1) is 15.0. The molecule has 2 N–H and O–H groups in total. The largest absolute Gasteiger partial charge is 0.444 e. The van der Waals surface area contributed by atoms with E-state index in [9.17, 15) is 14.0 Å². The predicted octanol–water partition coefficient (Wildman–Crippen LogP) is 3.17. The third-order valence-corrected chi connectivity index (χ3v) is 5.75. The summed E-state index contributed by atoms with van der Waals surface area (Å²) in [6.45, 7) is 8.56. The number of nitrogens with zero attached hydrogens (tertiary/aromatic N) is 3. The fourth-order valence-electron chi connectivity index (χ4n) is 4.03. The number of amides is 2. The Kier molecular flexibility index (Phi) is 6.72. The predicted molar refractivity (Wildman–Crippen MR) is 117 cm³/mol. The summed E-state index contributed by atoms with van der Waals surface area (Å²) in [5.74, 6) is -0.339. The Balaban J connectivity index is 1.74. The smallest absolute Gasteiger partial charge is 0.407 e. The number of hydrogen-bond acceptors (Lipinski definition) is 6. The first kappa shape index (κ1) is 23.5. The van der Waals surface area contributed by atoms with Gasteiger partial charge in [0, 0.05) is 19.1 Å². The molecule has 1 atom stereocenters. The number of halogens is 1. The van der Waals surface area contributed by atoms with E-state index in [2.05, 4.69) is 10.6 Å². The molecule has 0 aliphatic carbocycles. The van der Waals surface area contributed by atoms with Crippen molar-refractivity contribution in [3.05, 3.63) is 35.1 Å². The van der Waals surface area contributed by atoms with Crippen molar-refractivity contribution >= 4 is 18.0 Å². The molecule has 1 fully saturated rings. The highest BCUT2D eigenvalue weighted by molar-refractivity contribution is 6.00. The molecule has 2 aliphatic rings. The molecule has 0 radical (unpaired) electrons. The van der Waals surface area contributed by atoms with E-state index < -0.39 is 23.1 Å². The lowest BCUT2D eigenvalue weighted by Crippen LogP contribution is -2.55. The van der Waals surface area contributed by atoms with E-state index in [0.29, 0.717) is 43.9 Å². The lowest BCUT2D eigenvalue weighted by Gasteiger charge is -2.39. The maximum absolute atomic E-state index is 14.3. The second-order valence-corrected chi connectivity index (χ2v) is 9.26. The standard InChI is InChI=1S/C23H30FN5O3/c1-5-23(16-7-6-15(14-25)18(24)12-16)13-19(30)27-20(28-23)29-10-8-17(9-11-29)26-21(31)32-22(2,3)4/h6-7,12,17H,5,8-11,13H2,1-4H3,(H,26,31)(H,27,28,30). The summed E-state index contributed by atoms with van der Waals surface area (Å²) in [4.78, 5) is 31.4. The van der Waals surface area contributed by atoms with Gasteiger partial charge in [-0.1, -0.05) is 13.0 Å². The quantitative estimate of drug-likeness (QED) is 0.746. The number of nitrogens with one attached hydrogen (secondary N) is 2. The molecule has 9 heteroatoms. The van der Waals surface area contributed by atoms with Gasteiger partial charge in [-0.25, -0.2) is 14.2 Å². The average Bonchev–Trinajstić information content (AvgIpc) is 2.72. The fourth-order valence-corrected chi connectivity index (χ4v) is 4.03. The van der Waals surface area contributed by atoms with Crippen LogP contribution in [0.1, 0.15) is 64.5 Å². The van der Waals surface area contributed by atoms with Crippen LogP contribution in [0, 0.1) is 17.1 Å². The van der Waals surface area contributed by atoms with Gasteiger partial charge in [-0.15, -0.1) is 0 Å². The number of aliphatic imine (C=N–C) groups is 1. The monoisotopic (exact) mass is 443 g/mol. The van der Waals surface area contributed by atoms with Gasteiger partial charge in [-0.2, -0.15) is 5.26 Å². The highest BCUT2D eigenvalue weighted by atomic mass is 19.1. The number of guanidine groups is 1. The van der Waals surface area contributed by atoms with E-state index in [1.165, 1.54) is 12.1 Å². The van der Waals surface area contributed by atoms with Crippen LogP contribution in [0.5, 0.6) is 0 Å². The summed E-state index contributed by atoms with van der Waals surface area (Å²) in [5.41, 5.74) is -0.910. The molecule has 2 amide bonds. The minimum atomic E-state index is -0.891. The van der Waals surface area contributed by atoms with Crippen molar-refractivity contribution in [1.82, 2.24) is 15.5 Å². The molecular formula is C23H30FN5O3. The van der Waals surface area contributed by atoms with Crippen molar-refractivity contribution in [2.75, 3.05) is 13.1 Å². The van der Waals surface area contributed by atoms with Crippen LogP contribution >= 0.6 is 0 Å². The summed E-state index contributed by atoms with van der Waals surface area (Å²) >= 11 is 0. The molecule has 1 aromatic carbocycles. The van der Waals surface area contributed by atoms with Gasteiger partial charge >= 0.3 is 6.09 Å². The summed E-state index contributed by atoms with van der Waals surface area (Å²) < 4.78 is 19.6. The van der Waals surface area contributed by atoms with Gasteiger partial charge < -0.3 is 15.0 Å². The zero-order valence-corrected chi connectivity index (χ0v) is 19.0. The van der Waals surface area contributed by atoms with Gasteiger partial charge in [0.25, 0.3) is 0 Å². The molecule has 2 aliphatic heterocycles. The van der Waals surface area contributed by atoms with Gasteiger partial charge in [0.2, 0.25) is 11.9 Å². The minimum Gasteiger partial charge on any atom is -0.444 e. The molecule has 8 nitrogen and oxygen atoms in total. The Morgan fingerprint density at radius 2 is 2.09 bits per heavy atom. The van der Waals surface area contributed by atoms with E-state index >= 15 is 0 Å². The Morgan fingerprint density at radius 3 is 2.66 bits per heavy atom. The van der Waals surface area contributed by atoms with E-state index in [1.807, 2.05) is 38.7 Å². The van der Waals surface area contributed by atoms with Crippen LogP contribution < -0.4 is 10.6 Å². The van der Waals surface area contributed by atoms with E-state index in [0.717, 1.165) is 0 Å². The lowest BCUT2D eigenvalue weighted by molar-refractivity contribution is -0.121. The molecule has 32 heavy (non-hydrogen) atoms. The number of alkyl carbamates (subject to hydrolysis) is 1. The van der Waals surface area contributed by atoms with Gasteiger partial charge in [0.05, 0.1) is 17.5 Å². The van der Waals surface area contributed by atoms with Crippen LogP contribution in [0.2, 0.25) is 0 Å². The van der Waals surface area contributed by atoms with Crippen molar-refractivity contribution in [1.29, 1.82) is 5.26 Å². The summed E-state index contributed by atoms with van der Waals surface area (Å²) in [6.07, 6.45) is 1.53. The van der Waals surface area contributed by atoms with Crippen LogP contribution in [0.25, 0.3) is 0 Å². The molecule has 0 saturated carbocycles. The summed E-state index contributed by atoms with van der Waals surface area (Å²) in [7, 11) is 0. The van der Waals surface area contributed by atoms with Gasteiger partial charge in [0.15, 0.2) is 0 Å². The van der Waals surface area contributed by atoms with Crippen molar-refractivity contribution < 1.29 is 18.7 Å². The molecule has 3 rings (SSSR count). The molecule has 0 spiro atoms. The van der Waals surface area contributed by atoms with Crippen molar-refractivity contribution in [2.24, 2.45) is 4.99 Å². The zero-order valence-electron chi connectivity index (χ0n) is 19.0. The van der Waals surface area contributed by atoms with Crippen LogP contribution in [-0.4, -0.2) is 47.6 Å². The fraction of sp³-hybridized carbons (Fsp3) is 0.565. The van der Waals surface area contributed by atoms with E-state index in [4.69, 9.17) is 15.0 Å². The number of piperidine rings is 1. The Labute approximate surface area is 187 Å². The molecule has 1 unspecified atom stereocenters. The Morgan fingerprint density at radius 1 is 1.41 bits per heavy atom. The van der Waals surface area contributed by atoms with Gasteiger partial charge in [-0.05, 0) is 57.7 Å². The third kappa shape index (κ3) is 5.36. The second kappa shape index (κ2) is 9.15. The van der Waals surface area contributed by atoms with Crippen molar-refractivity contribution in [2.45, 2.75) is 70.6 Å². The number of carbonyl (C=O) groups is 2. The number of hydrogen-bond donors (Lipinski definition) is 2. The first-order valence-corrected chi connectivity index (χ1v) is 10.9. The first-order valence-electron chi connectivity index (χ1n) is 10.9. The van der Waals surface area contributed by atoms with E-state index in [-0.39, 0.29) is 23.9 Å². The maximum Gasteiger partial charge on any atom is 0.407 e. The number of benzene rings is 1. The van der Waals surface area contributed by atoms with Gasteiger partial charge in [0.1, 0.15) is 17.5 Å². The van der Waals surface area contributed by atoms with Crippen molar-refractivity contribution in [3.63, 3.8) is 0 Å². The molecule has 2 heterocycles.